The standard InChI is InChI=1S/C30H52S2.C4H10/c1-10-12-14-16-20-31-27-23-26(30(8,9)24(3)4)28(32-21-17-15-13-11-2)22-25(27)18-19-29(5,6)7;1-3-4-2/h18-19,22-24H,10-17,20-21H2,1-9H3;3-4H2,1-2H3/b19-18+;. The smallest absolute Gasteiger partial charge is 0.0148 e. The van der Waals surface area contributed by atoms with E-state index in [1.165, 1.54) is 91.1 Å². The van der Waals surface area contributed by atoms with Gasteiger partial charge >= 0.3 is 0 Å². The van der Waals surface area contributed by atoms with Crippen LogP contribution in [0.3, 0.4) is 0 Å². The van der Waals surface area contributed by atoms with E-state index in [1.807, 2.05) is 0 Å². The van der Waals surface area contributed by atoms with E-state index in [1.54, 1.807) is 5.56 Å². The van der Waals surface area contributed by atoms with Gasteiger partial charge in [0.25, 0.3) is 0 Å². The maximum absolute atomic E-state index is 2.56. The van der Waals surface area contributed by atoms with Gasteiger partial charge in [-0.2, -0.15) is 0 Å². The van der Waals surface area contributed by atoms with Gasteiger partial charge in [-0.15, -0.1) is 23.5 Å². The third-order valence-corrected chi connectivity index (χ3v) is 9.32. The maximum Gasteiger partial charge on any atom is 0.0148 e. The van der Waals surface area contributed by atoms with E-state index in [0.717, 1.165) is 0 Å². The lowest BCUT2D eigenvalue weighted by molar-refractivity contribution is 0.366. The van der Waals surface area contributed by atoms with Crippen molar-refractivity contribution in [3.8, 4) is 0 Å². The largest absolute Gasteiger partial charge is 0.126 e. The van der Waals surface area contributed by atoms with Crippen LogP contribution in [0.15, 0.2) is 28.0 Å². The average molecular weight is 535 g/mol. The molecule has 0 amide bonds. The molecule has 1 aromatic carbocycles. The molecule has 0 aliphatic heterocycles. The van der Waals surface area contributed by atoms with Gasteiger partial charge in [0.05, 0.1) is 0 Å². The maximum atomic E-state index is 2.56. The molecule has 0 N–H and O–H groups in total. The summed E-state index contributed by atoms with van der Waals surface area (Å²) in [6.45, 7) is 25.5. The minimum Gasteiger partial charge on any atom is -0.126 e. The van der Waals surface area contributed by atoms with E-state index in [-0.39, 0.29) is 10.8 Å². The minimum absolute atomic E-state index is 0.176. The van der Waals surface area contributed by atoms with E-state index in [0.29, 0.717) is 5.92 Å². The average Bonchev–Trinajstić information content (AvgIpc) is 2.82. The fraction of sp³-hybridized carbons (Fsp3) is 0.765. The van der Waals surface area contributed by atoms with Crippen molar-refractivity contribution < 1.29 is 0 Å². The normalized spacial score (nSPS) is 12.3. The summed E-state index contributed by atoms with van der Waals surface area (Å²) >= 11 is 4.16. The Balaban J connectivity index is 0.00000283. The molecule has 0 spiro atoms. The molecule has 0 aliphatic rings. The lowest BCUT2D eigenvalue weighted by Crippen LogP contribution is -2.25. The quantitative estimate of drug-likeness (QED) is 0.153. The third-order valence-electron chi connectivity index (χ3n) is 7.02. The van der Waals surface area contributed by atoms with Crippen LogP contribution in [0.4, 0.5) is 0 Å². The summed E-state index contributed by atoms with van der Waals surface area (Å²) in [6, 6.07) is 5.07. The first kappa shape index (κ1) is 35.7. The van der Waals surface area contributed by atoms with Crippen molar-refractivity contribution in [3.63, 3.8) is 0 Å². The van der Waals surface area contributed by atoms with E-state index < -0.39 is 0 Å². The molecule has 0 aliphatic carbocycles. The number of rotatable bonds is 16. The van der Waals surface area contributed by atoms with Crippen LogP contribution in [0, 0.1) is 11.3 Å². The van der Waals surface area contributed by atoms with Crippen molar-refractivity contribution >= 4 is 29.6 Å². The molecule has 0 nitrogen and oxygen atoms in total. The zero-order valence-corrected chi connectivity index (χ0v) is 27.8. The topological polar surface area (TPSA) is 0 Å². The van der Waals surface area contributed by atoms with E-state index >= 15 is 0 Å². The van der Waals surface area contributed by atoms with Crippen LogP contribution in [-0.4, -0.2) is 11.5 Å². The Hall–Kier alpha value is -0.340. The van der Waals surface area contributed by atoms with Crippen molar-refractivity contribution in [2.75, 3.05) is 11.5 Å². The Bertz CT molecular complexity index is 705. The predicted octanol–water partition coefficient (Wildman–Crippen LogP) is 12.8. The second-order valence-electron chi connectivity index (χ2n) is 12.3. The molecule has 0 fully saturated rings. The molecule has 0 bridgehead atoms. The molecule has 0 saturated carbocycles. The zero-order chi connectivity index (χ0) is 27.6. The Labute approximate surface area is 236 Å². The first-order chi connectivity index (χ1) is 16.9. The minimum atomic E-state index is 0.176. The molecule has 0 unspecified atom stereocenters. The lowest BCUT2D eigenvalue weighted by atomic mass is 9.75. The number of allylic oxidation sites excluding steroid dienone is 1. The molecule has 210 valence electrons. The van der Waals surface area contributed by atoms with Gasteiger partial charge in [0.15, 0.2) is 0 Å². The van der Waals surface area contributed by atoms with E-state index in [2.05, 4.69) is 124 Å². The SMILES string of the molecule is CCCC.CCCCCCSc1cc(C(C)(C)C(C)C)c(SCCCCCC)cc1/C=C/C(C)(C)C. The van der Waals surface area contributed by atoms with Crippen LogP contribution in [0.25, 0.3) is 6.08 Å². The van der Waals surface area contributed by atoms with Crippen LogP contribution in [0.5, 0.6) is 0 Å². The highest BCUT2D eigenvalue weighted by Crippen LogP contribution is 2.42. The van der Waals surface area contributed by atoms with Gasteiger partial charge < -0.3 is 0 Å². The third kappa shape index (κ3) is 15.2. The lowest BCUT2D eigenvalue weighted by Gasteiger charge is -2.33. The van der Waals surface area contributed by atoms with Gasteiger partial charge in [-0.1, -0.05) is 140 Å². The van der Waals surface area contributed by atoms with Gasteiger partial charge in [0.1, 0.15) is 0 Å². The van der Waals surface area contributed by atoms with Gasteiger partial charge in [-0.3, -0.25) is 0 Å². The predicted molar refractivity (Wildman–Crippen MR) is 173 cm³/mol. The highest BCUT2D eigenvalue weighted by atomic mass is 32.2. The summed E-state index contributed by atoms with van der Waals surface area (Å²) in [7, 11) is 0. The Morgan fingerprint density at radius 1 is 0.667 bits per heavy atom. The number of thioether (sulfide) groups is 2. The van der Waals surface area contributed by atoms with Crippen LogP contribution in [0.1, 0.15) is 151 Å². The van der Waals surface area contributed by atoms with Crippen molar-refractivity contribution in [2.45, 2.75) is 156 Å². The summed E-state index contributed by atoms with van der Waals surface area (Å²) in [5, 5.41) is 0. The number of benzene rings is 1. The monoisotopic (exact) mass is 534 g/mol. The molecule has 2 heteroatoms. The molecule has 0 saturated heterocycles. The second-order valence-corrected chi connectivity index (χ2v) is 14.6. The summed E-state index contributed by atoms with van der Waals surface area (Å²) in [5.74, 6) is 3.06. The summed E-state index contributed by atoms with van der Waals surface area (Å²) in [6.07, 6.45) is 18.1. The fourth-order valence-corrected chi connectivity index (χ4v) is 5.85. The molecule has 1 rings (SSSR count). The Morgan fingerprint density at radius 2 is 1.17 bits per heavy atom. The summed E-state index contributed by atoms with van der Waals surface area (Å²) in [4.78, 5) is 2.98. The molecular formula is C34H62S2. The molecule has 0 atom stereocenters. The van der Waals surface area contributed by atoms with Gasteiger partial charge in [0, 0.05) is 9.79 Å². The zero-order valence-electron chi connectivity index (χ0n) is 26.2. The molecule has 36 heavy (non-hydrogen) atoms. The first-order valence-corrected chi connectivity index (χ1v) is 17.0. The van der Waals surface area contributed by atoms with Crippen LogP contribution >= 0.6 is 23.5 Å². The van der Waals surface area contributed by atoms with E-state index in [4.69, 9.17) is 0 Å². The molecule has 0 radical (unpaired) electrons. The number of hydrogen-bond acceptors (Lipinski definition) is 2. The van der Waals surface area contributed by atoms with Crippen molar-refractivity contribution in [3.05, 3.63) is 29.3 Å². The first-order valence-electron chi connectivity index (χ1n) is 15.1. The second kappa shape index (κ2) is 19.7. The van der Waals surface area contributed by atoms with Crippen molar-refractivity contribution in [1.82, 2.24) is 0 Å². The Kier molecular flexibility index (Phi) is 19.5. The van der Waals surface area contributed by atoms with Crippen LogP contribution < -0.4 is 0 Å². The van der Waals surface area contributed by atoms with Crippen LogP contribution in [0.2, 0.25) is 0 Å². The number of unbranched alkanes of at least 4 members (excludes halogenated alkanes) is 7. The number of hydrogen-bond donors (Lipinski definition) is 0. The summed E-state index contributed by atoms with van der Waals surface area (Å²) in [5.41, 5.74) is 3.35. The van der Waals surface area contributed by atoms with Crippen LogP contribution in [-0.2, 0) is 5.41 Å². The molecular weight excluding hydrogens is 473 g/mol. The highest BCUT2D eigenvalue weighted by Gasteiger charge is 2.28. The van der Waals surface area contributed by atoms with Gasteiger partial charge in [-0.25, -0.2) is 0 Å². The highest BCUT2D eigenvalue weighted by molar-refractivity contribution is 7.99. The van der Waals surface area contributed by atoms with Crippen molar-refractivity contribution in [2.24, 2.45) is 11.3 Å². The fourth-order valence-electron chi connectivity index (χ4n) is 3.53. The molecule has 1 aromatic rings. The Morgan fingerprint density at radius 3 is 1.58 bits per heavy atom. The van der Waals surface area contributed by atoms with Gasteiger partial charge in [-0.05, 0) is 64.4 Å². The van der Waals surface area contributed by atoms with Crippen molar-refractivity contribution in [1.29, 1.82) is 0 Å². The molecule has 0 heterocycles. The summed E-state index contributed by atoms with van der Waals surface area (Å²) < 4.78 is 0. The van der Waals surface area contributed by atoms with E-state index in [9.17, 15) is 0 Å². The van der Waals surface area contributed by atoms with Gasteiger partial charge in [0.2, 0.25) is 0 Å². The molecule has 0 aromatic heterocycles.